The molecule has 1 aromatic rings. The molecule has 6 nitrogen and oxygen atoms in total. The van der Waals surface area contributed by atoms with Crippen LogP contribution in [0.2, 0.25) is 0 Å². The number of fused-ring (bicyclic) bond motifs is 1. The molecule has 0 saturated carbocycles. The number of anilines is 1. The van der Waals surface area contributed by atoms with Crippen LogP contribution < -0.4 is 5.32 Å². The lowest BCUT2D eigenvalue weighted by Crippen LogP contribution is -2.49. The molecule has 0 radical (unpaired) electrons. The Morgan fingerprint density at radius 3 is 2.81 bits per heavy atom. The van der Waals surface area contributed by atoms with Gasteiger partial charge in [0.2, 0.25) is 10.0 Å². The van der Waals surface area contributed by atoms with E-state index in [9.17, 15) is 16.8 Å². The van der Waals surface area contributed by atoms with Crippen LogP contribution >= 0.6 is 0 Å². The van der Waals surface area contributed by atoms with E-state index in [2.05, 4.69) is 5.32 Å². The second-order valence-corrected chi connectivity index (χ2v) is 9.69. The minimum Gasteiger partial charge on any atom is -0.384 e. The van der Waals surface area contributed by atoms with Crippen molar-refractivity contribution in [2.75, 3.05) is 29.9 Å². The third-order valence-electron chi connectivity index (χ3n) is 4.01. The van der Waals surface area contributed by atoms with Crippen LogP contribution in [0.4, 0.5) is 5.69 Å². The zero-order valence-electron chi connectivity index (χ0n) is 11.7. The Balaban J connectivity index is 1.94. The standard InChI is InChI=1S/C13H18N2O4S2/c1-10-9-20(16,17)7-6-15(10)21(18,19)12-3-2-11-4-5-14-13(11)8-12/h2-3,8,10,14H,4-7,9H2,1H3. The molecule has 0 aliphatic carbocycles. The van der Waals surface area contributed by atoms with Gasteiger partial charge < -0.3 is 5.32 Å². The van der Waals surface area contributed by atoms with E-state index in [4.69, 9.17) is 0 Å². The Bertz CT molecular complexity index is 771. The highest BCUT2D eigenvalue weighted by atomic mass is 32.2. The topological polar surface area (TPSA) is 83.6 Å². The average Bonchev–Trinajstić information content (AvgIpc) is 2.84. The van der Waals surface area contributed by atoms with Crippen molar-refractivity contribution < 1.29 is 16.8 Å². The van der Waals surface area contributed by atoms with Crippen molar-refractivity contribution in [1.29, 1.82) is 0 Å². The Morgan fingerprint density at radius 1 is 1.33 bits per heavy atom. The van der Waals surface area contributed by atoms with E-state index in [-0.39, 0.29) is 22.9 Å². The smallest absolute Gasteiger partial charge is 0.243 e. The number of rotatable bonds is 2. The molecule has 0 amide bonds. The summed E-state index contributed by atoms with van der Waals surface area (Å²) in [4.78, 5) is 0.224. The summed E-state index contributed by atoms with van der Waals surface area (Å²) in [6.07, 6.45) is 0.897. The first kappa shape index (κ1) is 14.8. The fraction of sp³-hybridized carbons (Fsp3) is 0.538. The van der Waals surface area contributed by atoms with Crippen molar-refractivity contribution in [2.45, 2.75) is 24.3 Å². The summed E-state index contributed by atoms with van der Waals surface area (Å²) in [7, 11) is -6.79. The molecule has 2 aliphatic heterocycles. The molecule has 0 bridgehead atoms. The van der Waals surface area contributed by atoms with Crippen molar-refractivity contribution in [1.82, 2.24) is 4.31 Å². The zero-order valence-corrected chi connectivity index (χ0v) is 13.4. The third kappa shape index (κ3) is 2.67. The predicted molar refractivity (Wildman–Crippen MR) is 80.6 cm³/mol. The molecule has 1 unspecified atom stereocenters. The molecule has 1 atom stereocenters. The molecule has 1 saturated heterocycles. The van der Waals surface area contributed by atoms with E-state index >= 15 is 0 Å². The molecule has 2 heterocycles. The van der Waals surface area contributed by atoms with Crippen molar-refractivity contribution in [2.24, 2.45) is 0 Å². The molecule has 3 rings (SSSR count). The minimum atomic E-state index is -3.65. The second-order valence-electron chi connectivity index (χ2n) is 5.57. The summed E-state index contributed by atoms with van der Waals surface area (Å²) in [5.41, 5.74) is 1.97. The number of nitrogens with one attached hydrogen (secondary N) is 1. The van der Waals surface area contributed by atoms with Crippen LogP contribution in [-0.2, 0) is 26.3 Å². The highest BCUT2D eigenvalue weighted by molar-refractivity contribution is 7.92. The van der Waals surface area contributed by atoms with Gasteiger partial charge in [-0.2, -0.15) is 4.31 Å². The molecular formula is C13H18N2O4S2. The first-order valence-electron chi connectivity index (χ1n) is 6.89. The van der Waals surface area contributed by atoms with Gasteiger partial charge in [-0.3, -0.25) is 0 Å². The largest absolute Gasteiger partial charge is 0.384 e. The monoisotopic (exact) mass is 330 g/mol. The van der Waals surface area contributed by atoms with Gasteiger partial charge in [0.15, 0.2) is 9.84 Å². The first-order chi connectivity index (χ1) is 9.79. The van der Waals surface area contributed by atoms with Gasteiger partial charge in [0.25, 0.3) is 0 Å². The number of hydrogen-bond acceptors (Lipinski definition) is 5. The molecule has 116 valence electrons. The Labute approximate surface area is 125 Å². The summed E-state index contributed by atoms with van der Waals surface area (Å²) in [6, 6.07) is 4.55. The van der Waals surface area contributed by atoms with Gasteiger partial charge in [-0.1, -0.05) is 6.07 Å². The summed E-state index contributed by atoms with van der Waals surface area (Å²) in [6.45, 7) is 2.48. The maximum absolute atomic E-state index is 12.7. The Morgan fingerprint density at radius 2 is 2.10 bits per heavy atom. The number of benzene rings is 1. The summed E-state index contributed by atoms with van der Waals surface area (Å²) >= 11 is 0. The van der Waals surface area contributed by atoms with Gasteiger partial charge in [0.05, 0.1) is 16.4 Å². The van der Waals surface area contributed by atoms with Crippen molar-refractivity contribution >= 4 is 25.5 Å². The third-order valence-corrected chi connectivity index (χ3v) is 7.81. The lowest BCUT2D eigenvalue weighted by atomic mass is 10.2. The maximum Gasteiger partial charge on any atom is 0.243 e. The van der Waals surface area contributed by atoms with Crippen molar-refractivity contribution in [3.05, 3.63) is 23.8 Å². The molecule has 2 aliphatic rings. The van der Waals surface area contributed by atoms with E-state index < -0.39 is 25.9 Å². The molecule has 0 spiro atoms. The lowest BCUT2D eigenvalue weighted by Gasteiger charge is -2.32. The second kappa shape index (κ2) is 4.96. The fourth-order valence-corrected chi connectivity index (χ4v) is 6.33. The van der Waals surface area contributed by atoms with Crippen molar-refractivity contribution in [3.63, 3.8) is 0 Å². The number of hydrogen-bond donors (Lipinski definition) is 1. The highest BCUT2D eigenvalue weighted by Crippen LogP contribution is 2.28. The first-order valence-corrected chi connectivity index (χ1v) is 10.1. The molecular weight excluding hydrogens is 312 g/mol. The van der Waals surface area contributed by atoms with Crippen molar-refractivity contribution in [3.8, 4) is 0 Å². The minimum absolute atomic E-state index is 0.0242. The molecule has 1 fully saturated rings. The van der Waals surface area contributed by atoms with Gasteiger partial charge >= 0.3 is 0 Å². The van der Waals surface area contributed by atoms with Crippen LogP contribution in [0.25, 0.3) is 0 Å². The molecule has 1 N–H and O–H groups in total. The average molecular weight is 330 g/mol. The molecule has 8 heteroatoms. The Kier molecular flexibility index (Phi) is 3.50. The van der Waals surface area contributed by atoms with Crippen LogP contribution in [0.3, 0.4) is 0 Å². The SMILES string of the molecule is CC1CS(=O)(=O)CCN1S(=O)(=O)c1ccc2c(c1)NCC2. The lowest BCUT2D eigenvalue weighted by molar-refractivity contribution is 0.357. The normalized spacial score (nSPS) is 25.3. The summed E-state index contributed by atoms with van der Waals surface area (Å²) in [5, 5.41) is 3.16. The van der Waals surface area contributed by atoms with Crippen LogP contribution in [0, 0.1) is 0 Å². The van der Waals surface area contributed by atoms with Crippen LogP contribution in [0.5, 0.6) is 0 Å². The molecule has 21 heavy (non-hydrogen) atoms. The summed E-state index contributed by atoms with van der Waals surface area (Å²) < 4.78 is 49.9. The number of sulfone groups is 1. The van der Waals surface area contributed by atoms with Crippen LogP contribution in [0.15, 0.2) is 23.1 Å². The van der Waals surface area contributed by atoms with Gasteiger partial charge in [-0.25, -0.2) is 16.8 Å². The predicted octanol–water partition coefficient (Wildman–Crippen LogP) is 0.462. The van der Waals surface area contributed by atoms with E-state index in [0.29, 0.717) is 0 Å². The Hall–Kier alpha value is -1.12. The fourth-order valence-electron chi connectivity index (χ4n) is 2.91. The van der Waals surface area contributed by atoms with Gasteiger partial charge in [0.1, 0.15) is 0 Å². The van der Waals surface area contributed by atoms with E-state index in [1.807, 2.05) is 6.07 Å². The van der Waals surface area contributed by atoms with Gasteiger partial charge in [0, 0.05) is 24.8 Å². The van der Waals surface area contributed by atoms with E-state index in [0.717, 1.165) is 24.2 Å². The maximum atomic E-state index is 12.7. The van der Waals surface area contributed by atoms with E-state index in [1.54, 1.807) is 19.1 Å². The van der Waals surface area contributed by atoms with Crippen LogP contribution in [-0.4, -0.2) is 51.8 Å². The number of nitrogens with zero attached hydrogens (tertiary/aromatic N) is 1. The summed E-state index contributed by atoms with van der Waals surface area (Å²) in [5.74, 6) is -0.227. The highest BCUT2D eigenvalue weighted by Gasteiger charge is 2.36. The molecule has 1 aromatic carbocycles. The zero-order chi connectivity index (χ0) is 15.3. The van der Waals surface area contributed by atoms with Crippen LogP contribution in [0.1, 0.15) is 12.5 Å². The van der Waals surface area contributed by atoms with E-state index in [1.165, 1.54) is 4.31 Å². The number of sulfonamides is 1. The van der Waals surface area contributed by atoms with Gasteiger partial charge in [-0.15, -0.1) is 0 Å². The molecule has 0 aromatic heterocycles. The van der Waals surface area contributed by atoms with Gasteiger partial charge in [-0.05, 0) is 31.0 Å². The quantitative estimate of drug-likeness (QED) is 0.852.